The van der Waals surface area contributed by atoms with E-state index >= 15 is 0 Å². The third-order valence-corrected chi connectivity index (χ3v) is 3.91. The van der Waals surface area contributed by atoms with Crippen LogP contribution in [0.25, 0.3) is 16.6 Å². The number of aromatic nitrogens is 2. The maximum atomic E-state index is 12.2. The summed E-state index contributed by atoms with van der Waals surface area (Å²) in [7, 11) is 0. The van der Waals surface area contributed by atoms with Crippen molar-refractivity contribution < 1.29 is 47.5 Å². The van der Waals surface area contributed by atoms with E-state index in [1.165, 1.54) is 23.9 Å². The van der Waals surface area contributed by atoms with E-state index in [0.29, 0.717) is 34.4 Å². The number of likely N-dealkylation sites (N-methyl/N-ethyl adjacent to an activating group) is 1. The van der Waals surface area contributed by atoms with Gasteiger partial charge in [0, 0.05) is 44.8 Å². The number of fused-ring (bicyclic) bond motifs is 1. The van der Waals surface area contributed by atoms with Crippen molar-refractivity contribution in [3.8, 4) is 0 Å². The van der Waals surface area contributed by atoms with Gasteiger partial charge in [0.15, 0.2) is 5.78 Å². The maximum absolute atomic E-state index is 12.2. The number of carbonyl (C=O) groups is 2. The van der Waals surface area contributed by atoms with Crippen LogP contribution in [0.1, 0.15) is 24.2 Å². The largest absolute Gasteiger partial charge is 0.699 e. The Kier molecular flexibility index (Phi) is 10.3. The summed E-state index contributed by atoms with van der Waals surface area (Å²) >= 11 is 0. The molecule has 0 unspecified atom stereocenters. The second-order valence-electron chi connectivity index (χ2n) is 6.11. The standard InChI is InChI=1S/C12H14N4O3.C8H8NO.Y/c1-2-13-11(17)6-16-7-14-10-4-3-8(15-19)5-9(10)12(16)18;1-6(10)7-3-2-4-8(9)5-7;/h3-5,7,15,19H,2,6H2,1H3,(H,13,17);2-5,9H,1H3;/q;-1;. The van der Waals surface area contributed by atoms with E-state index < -0.39 is 0 Å². The quantitative estimate of drug-likeness (QED) is 0.376. The number of nitrogens with one attached hydrogen (secondary N) is 3. The van der Waals surface area contributed by atoms with Crippen molar-refractivity contribution in [2.45, 2.75) is 20.4 Å². The zero-order valence-electron chi connectivity index (χ0n) is 16.7. The van der Waals surface area contributed by atoms with Gasteiger partial charge in [0.25, 0.3) is 5.56 Å². The van der Waals surface area contributed by atoms with Crippen LogP contribution in [0.5, 0.6) is 0 Å². The molecule has 10 heteroatoms. The molecule has 0 saturated carbocycles. The third kappa shape index (κ3) is 7.02. The van der Waals surface area contributed by atoms with Crippen LogP contribution in [0, 0.1) is 0 Å². The summed E-state index contributed by atoms with van der Waals surface area (Å²) < 4.78 is 1.23. The predicted molar refractivity (Wildman–Crippen MR) is 111 cm³/mol. The topological polar surface area (TPSA) is 137 Å². The molecule has 1 heterocycles. The number of rotatable bonds is 5. The number of hydrogen-bond donors (Lipinski definition) is 3. The van der Waals surface area contributed by atoms with Crippen LogP contribution in [0.4, 0.5) is 11.4 Å². The number of nitrogens with zero attached hydrogens (tertiary/aromatic N) is 2. The number of hydrogen-bond acceptors (Lipinski definition) is 6. The van der Waals surface area contributed by atoms with E-state index in [0.717, 1.165) is 0 Å². The molecule has 2 aromatic carbocycles. The van der Waals surface area contributed by atoms with Gasteiger partial charge >= 0.3 is 0 Å². The number of anilines is 1. The van der Waals surface area contributed by atoms with Gasteiger partial charge in [0.2, 0.25) is 5.91 Å². The first-order chi connectivity index (χ1) is 13.8. The summed E-state index contributed by atoms with van der Waals surface area (Å²) in [5, 5.41) is 11.8. The molecule has 0 spiro atoms. The monoisotopic (exact) mass is 485 g/mol. The molecular formula is C20H22N5O4Y-. The number of amides is 1. The second kappa shape index (κ2) is 12.2. The first kappa shape index (κ1) is 25.4. The fourth-order valence-electron chi connectivity index (χ4n) is 2.49. The summed E-state index contributed by atoms with van der Waals surface area (Å²) in [6, 6.07) is 11.3. The second-order valence-corrected chi connectivity index (χ2v) is 6.11. The van der Waals surface area contributed by atoms with Crippen molar-refractivity contribution in [1.29, 1.82) is 0 Å². The molecule has 0 aliphatic rings. The molecule has 30 heavy (non-hydrogen) atoms. The molecule has 0 atom stereocenters. The number of Topliss-reactive ketones (excluding diaryl/α,β-unsaturated/α-hetero) is 1. The van der Waals surface area contributed by atoms with Crippen molar-refractivity contribution in [2.75, 3.05) is 12.0 Å². The Balaban J connectivity index is 0.000000348. The number of ketones is 1. The third-order valence-electron chi connectivity index (χ3n) is 3.91. The molecule has 0 fully saturated rings. The molecule has 0 aliphatic heterocycles. The number of carbonyl (C=O) groups excluding carboxylic acids is 2. The maximum Gasteiger partial charge on any atom is 0.261 e. The molecule has 3 rings (SSSR count). The fraction of sp³-hybridized carbons (Fsp3) is 0.200. The minimum absolute atomic E-state index is 0. The molecule has 1 radical (unpaired) electrons. The van der Waals surface area contributed by atoms with Gasteiger partial charge in [0.05, 0.1) is 22.9 Å². The summed E-state index contributed by atoms with van der Waals surface area (Å²) in [5.74, 6) is -0.240. The Morgan fingerprint density at radius 3 is 2.50 bits per heavy atom. The van der Waals surface area contributed by atoms with Gasteiger partial charge in [0.1, 0.15) is 6.54 Å². The van der Waals surface area contributed by atoms with E-state index in [9.17, 15) is 14.4 Å². The van der Waals surface area contributed by atoms with Gasteiger partial charge in [-0.2, -0.15) is 0 Å². The van der Waals surface area contributed by atoms with E-state index in [1.54, 1.807) is 43.3 Å². The van der Waals surface area contributed by atoms with Crippen molar-refractivity contribution in [3.63, 3.8) is 0 Å². The summed E-state index contributed by atoms with van der Waals surface area (Å²) in [6.45, 7) is 3.73. The Labute approximate surface area is 198 Å². The van der Waals surface area contributed by atoms with E-state index in [2.05, 4.69) is 10.3 Å². The molecule has 9 nitrogen and oxygen atoms in total. The van der Waals surface area contributed by atoms with Crippen molar-refractivity contribution >= 4 is 34.0 Å². The smallest absolute Gasteiger partial charge is 0.261 e. The van der Waals surface area contributed by atoms with Crippen LogP contribution in [0.2, 0.25) is 0 Å². The van der Waals surface area contributed by atoms with Crippen molar-refractivity contribution in [2.24, 2.45) is 0 Å². The van der Waals surface area contributed by atoms with Crippen LogP contribution >= 0.6 is 0 Å². The van der Waals surface area contributed by atoms with Gasteiger partial charge < -0.3 is 11.1 Å². The van der Waals surface area contributed by atoms with Crippen LogP contribution < -0.4 is 16.4 Å². The molecule has 1 amide bonds. The Morgan fingerprint density at radius 2 is 1.93 bits per heavy atom. The summed E-state index contributed by atoms with van der Waals surface area (Å²) in [4.78, 5) is 38.5. The van der Waals surface area contributed by atoms with Crippen molar-refractivity contribution in [3.05, 3.63) is 70.4 Å². The first-order valence-electron chi connectivity index (χ1n) is 8.84. The van der Waals surface area contributed by atoms with E-state index in [4.69, 9.17) is 10.9 Å². The van der Waals surface area contributed by atoms with Gasteiger partial charge in [-0.05, 0) is 32.0 Å². The Morgan fingerprint density at radius 1 is 1.20 bits per heavy atom. The SMILES string of the molecule is CC(=O)c1cccc([NH-])c1.CCNC(=O)Cn1cnc2ccc(NO)cc2c1=O.[Y]. The molecule has 0 aliphatic carbocycles. The zero-order valence-corrected chi connectivity index (χ0v) is 19.5. The zero-order chi connectivity index (χ0) is 21.4. The molecule has 0 bridgehead atoms. The van der Waals surface area contributed by atoms with Gasteiger partial charge in [-0.15, -0.1) is 5.69 Å². The summed E-state index contributed by atoms with van der Waals surface area (Å²) in [5.41, 5.74) is 10.7. The molecule has 1 aromatic heterocycles. The molecular weight excluding hydrogens is 463 g/mol. The van der Waals surface area contributed by atoms with Gasteiger partial charge in [-0.1, -0.05) is 24.3 Å². The number of benzene rings is 2. The van der Waals surface area contributed by atoms with Gasteiger partial charge in [-0.3, -0.25) is 29.6 Å². The molecule has 155 valence electrons. The molecule has 4 N–H and O–H groups in total. The molecule has 0 saturated heterocycles. The normalized spacial score (nSPS) is 9.70. The minimum atomic E-state index is -0.326. The molecule has 3 aromatic rings. The summed E-state index contributed by atoms with van der Waals surface area (Å²) in [6.07, 6.45) is 1.34. The van der Waals surface area contributed by atoms with Crippen LogP contribution in [0.15, 0.2) is 53.6 Å². The first-order valence-corrected chi connectivity index (χ1v) is 8.84. The predicted octanol–water partition coefficient (Wildman–Crippen LogP) is 2.90. The van der Waals surface area contributed by atoms with Crippen LogP contribution in [0.3, 0.4) is 0 Å². The average Bonchev–Trinajstić information content (AvgIpc) is 2.70. The van der Waals surface area contributed by atoms with E-state index in [1.807, 2.05) is 5.48 Å². The van der Waals surface area contributed by atoms with Crippen LogP contribution in [-0.2, 0) is 44.0 Å². The van der Waals surface area contributed by atoms with E-state index in [-0.39, 0.29) is 56.5 Å². The van der Waals surface area contributed by atoms with Gasteiger partial charge in [-0.25, -0.2) is 4.98 Å². The Hall–Kier alpha value is -2.62. The minimum Gasteiger partial charge on any atom is -0.699 e. The average molecular weight is 485 g/mol. The van der Waals surface area contributed by atoms with Crippen molar-refractivity contribution in [1.82, 2.24) is 14.9 Å². The fourth-order valence-corrected chi connectivity index (χ4v) is 2.49. The van der Waals surface area contributed by atoms with Crippen LogP contribution in [-0.4, -0.2) is 33.0 Å². The Bertz CT molecular complexity index is 1080.